The summed E-state index contributed by atoms with van der Waals surface area (Å²) in [5.74, 6) is -0.740. The molecule has 0 bridgehead atoms. The van der Waals surface area contributed by atoms with Gasteiger partial charge in [-0.25, -0.2) is 8.78 Å². The van der Waals surface area contributed by atoms with Crippen molar-refractivity contribution in [3.8, 4) is 0 Å². The van der Waals surface area contributed by atoms with Crippen molar-refractivity contribution in [1.82, 2.24) is 4.90 Å². The number of nitrogens with zero attached hydrogens (tertiary/aromatic N) is 2. The number of nitrogens with two attached hydrogens (primary N) is 1. The van der Waals surface area contributed by atoms with E-state index in [2.05, 4.69) is 4.99 Å². The largest absolute Gasteiger partial charge is 0.376 e. The van der Waals surface area contributed by atoms with Gasteiger partial charge in [0.25, 0.3) is 0 Å². The van der Waals surface area contributed by atoms with Gasteiger partial charge in [0.2, 0.25) is 0 Å². The molecule has 2 atom stereocenters. The summed E-state index contributed by atoms with van der Waals surface area (Å²) in [6.07, 6.45) is 2.11. The molecule has 4 nitrogen and oxygen atoms in total. The van der Waals surface area contributed by atoms with E-state index >= 15 is 0 Å². The van der Waals surface area contributed by atoms with Gasteiger partial charge in [-0.05, 0) is 18.9 Å². The van der Waals surface area contributed by atoms with Crippen LogP contribution in [0.3, 0.4) is 0 Å². The maximum Gasteiger partial charge on any atom is 0.192 e. The Morgan fingerprint density at radius 2 is 2.25 bits per heavy atom. The Bertz CT molecular complexity index is 529. The molecule has 2 unspecified atom stereocenters. The van der Waals surface area contributed by atoms with Gasteiger partial charge in [0, 0.05) is 24.8 Å². The molecule has 6 heteroatoms. The topological polar surface area (TPSA) is 50.8 Å². The SMILES string of the molecule is NC1=NCC(c2ccc(F)cc2F)N1CC1CCCO1. The van der Waals surface area contributed by atoms with E-state index in [0.717, 1.165) is 25.5 Å². The number of guanidine groups is 1. The van der Waals surface area contributed by atoms with Crippen LogP contribution in [-0.2, 0) is 4.74 Å². The van der Waals surface area contributed by atoms with Crippen molar-refractivity contribution in [2.45, 2.75) is 25.0 Å². The molecular formula is C14H17F2N3O. The third-order valence-electron chi connectivity index (χ3n) is 3.84. The molecule has 1 aromatic carbocycles. The molecule has 1 saturated heterocycles. The lowest BCUT2D eigenvalue weighted by molar-refractivity contribution is 0.0849. The predicted molar refractivity (Wildman–Crippen MR) is 71.3 cm³/mol. The van der Waals surface area contributed by atoms with Gasteiger partial charge in [0.05, 0.1) is 18.7 Å². The first-order chi connectivity index (χ1) is 9.65. The van der Waals surface area contributed by atoms with Crippen molar-refractivity contribution >= 4 is 5.96 Å². The summed E-state index contributed by atoms with van der Waals surface area (Å²) in [5.41, 5.74) is 6.31. The van der Waals surface area contributed by atoms with Gasteiger partial charge in [-0.1, -0.05) is 6.07 Å². The second-order valence-corrected chi connectivity index (χ2v) is 5.17. The maximum absolute atomic E-state index is 13.9. The third kappa shape index (κ3) is 2.47. The lowest BCUT2D eigenvalue weighted by Gasteiger charge is -2.29. The van der Waals surface area contributed by atoms with Crippen molar-refractivity contribution in [2.24, 2.45) is 10.7 Å². The Hall–Kier alpha value is -1.69. The zero-order valence-corrected chi connectivity index (χ0v) is 11.1. The van der Waals surface area contributed by atoms with Crippen LogP contribution in [0.4, 0.5) is 8.78 Å². The standard InChI is InChI=1S/C14H17F2N3O/c15-9-3-4-11(12(16)6-9)13-7-18-14(17)19(13)8-10-2-1-5-20-10/h3-4,6,10,13H,1-2,5,7-8H2,(H2,17,18). The predicted octanol–water partition coefficient (Wildman–Crippen LogP) is 1.82. The molecule has 2 N–H and O–H groups in total. The summed E-state index contributed by atoms with van der Waals surface area (Å²) in [5, 5.41) is 0. The van der Waals surface area contributed by atoms with Crippen LogP contribution in [-0.4, -0.2) is 36.7 Å². The molecule has 2 heterocycles. The first-order valence-electron chi connectivity index (χ1n) is 6.78. The average molecular weight is 281 g/mol. The quantitative estimate of drug-likeness (QED) is 0.919. The number of halogens is 2. The molecule has 0 aromatic heterocycles. The Kier molecular flexibility index (Phi) is 3.56. The highest BCUT2D eigenvalue weighted by Gasteiger charge is 2.32. The molecule has 0 spiro atoms. The lowest BCUT2D eigenvalue weighted by atomic mass is 10.0. The smallest absolute Gasteiger partial charge is 0.192 e. The van der Waals surface area contributed by atoms with Crippen molar-refractivity contribution in [1.29, 1.82) is 0 Å². The summed E-state index contributed by atoms with van der Waals surface area (Å²) in [6, 6.07) is 3.34. The fraction of sp³-hybridized carbons (Fsp3) is 0.500. The van der Waals surface area contributed by atoms with E-state index in [1.54, 1.807) is 0 Å². The number of ether oxygens (including phenoxy) is 1. The van der Waals surface area contributed by atoms with Crippen molar-refractivity contribution in [3.63, 3.8) is 0 Å². The monoisotopic (exact) mass is 281 g/mol. The number of hydrogen-bond acceptors (Lipinski definition) is 4. The first kappa shape index (κ1) is 13.3. The zero-order valence-electron chi connectivity index (χ0n) is 11.1. The van der Waals surface area contributed by atoms with Gasteiger partial charge < -0.3 is 15.4 Å². The second kappa shape index (κ2) is 5.36. The van der Waals surface area contributed by atoms with Gasteiger partial charge in [0.15, 0.2) is 5.96 Å². The first-order valence-corrected chi connectivity index (χ1v) is 6.78. The minimum absolute atomic E-state index is 0.104. The summed E-state index contributed by atoms with van der Waals surface area (Å²) in [4.78, 5) is 6.04. The highest BCUT2D eigenvalue weighted by atomic mass is 19.1. The Morgan fingerprint density at radius 1 is 1.40 bits per heavy atom. The van der Waals surface area contributed by atoms with Crippen LogP contribution in [0.2, 0.25) is 0 Å². The normalized spacial score (nSPS) is 26.1. The van der Waals surface area contributed by atoms with E-state index in [9.17, 15) is 8.78 Å². The van der Waals surface area contributed by atoms with E-state index < -0.39 is 11.6 Å². The molecule has 1 aromatic rings. The van der Waals surface area contributed by atoms with Crippen LogP contribution in [0.1, 0.15) is 24.4 Å². The molecule has 0 radical (unpaired) electrons. The van der Waals surface area contributed by atoms with Crippen molar-refractivity contribution in [2.75, 3.05) is 19.7 Å². The van der Waals surface area contributed by atoms with Gasteiger partial charge in [-0.15, -0.1) is 0 Å². The highest BCUT2D eigenvalue weighted by molar-refractivity contribution is 5.80. The molecule has 0 aliphatic carbocycles. The van der Waals surface area contributed by atoms with Gasteiger partial charge in [0.1, 0.15) is 11.6 Å². The summed E-state index contributed by atoms with van der Waals surface area (Å²) in [7, 11) is 0. The summed E-state index contributed by atoms with van der Waals surface area (Å²) in [6.45, 7) is 1.74. The Morgan fingerprint density at radius 3 is 2.95 bits per heavy atom. The van der Waals surface area contributed by atoms with Gasteiger partial charge in [-0.3, -0.25) is 4.99 Å². The molecule has 0 amide bonds. The fourth-order valence-electron chi connectivity index (χ4n) is 2.80. The van der Waals surface area contributed by atoms with Crippen LogP contribution in [0.15, 0.2) is 23.2 Å². The van der Waals surface area contributed by atoms with Crippen LogP contribution < -0.4 is 5.73 Å². The molecule has 108 valence electrons. The summed E-state index contributed by atoms with van der Waals surface area (Å²) < 4.78 is 32.5. The highest BCUT2D eigenvalue weighted by Crippen LogP contribution is 2.29. The lowest BCUT2D eigenvalue weighted by Crippen LogP contribution is -2.41. The van der Waals surface area contributed by atoms with E-state index in [-0.39, 0.29) is 12.1 Å². The molecule has 0 saturated carbocycles. The van der Waals surface area contributed by atoms with Crippen molar-refractivity contribution in [3.05, 3.63) is 35.4 Å². The molecule has 3 rings (SSSR count). The number of rotatable bonds is 3. The van der Waals surface area contributed by atoms with E-state index in [1.807, 2.05) is 4.90 Å². The van der Waals surface area contributed by atoms with Crippen LogP contribution >= 0.6 is 0 Å². The zero-order chi connectivity index (χ0) is 14.1. The van der Waals surface area contributed by atoms with Gasteiger partial charge >= 0.3 is 0 Å². The minimum atomic E-state index is -0.580. The van der Waals surface area contributed by atoms with E-state index in [1.165, 1.54) is 12.1 Å². The summed E-state index contributed by atoms with van der Waals surface area (Å²) >= 11 is 0. The van der Waals surface area contributed by atoms with Crippen LogP contribution in [0.25, 0.3) is 0 Å². The number of aliphatic imine (C=N–C) groups is 1. The Labute approximate surface area is 116 Å². The minimum Gasteiger partial charge on any atom is -0.376 e. The van der Waals surface area contributed by atoms with E-state index in [4.69, 9.17) is 10.5 Å². The molecule has 2 aliphatic heterocycles. The van der Waals surface area contributed by atoms with Gasteiger partial charge in [-0.2, -0.15) is 0 Å². The molecule has 2 aliphatic rings. The van der Waals surface area contributed by atoms with Crippen molar-refractivity contribution < 1.29 is 13.5 Å². The number of hydrogen-bond donors (Lipinski definition) is 1. The number of benzene rings is 1. The fourth-order valence-corrected chi connectivity index (χ4v) is 2.80. The average Bonchev–Trinajstić information content (AvgIpc) is 3.03. The molecular weight excluding hydrogens is 264 g/mol. The Balaban J connectivity index is 1.80. The van der Waals surface area contributed by atoms with Crippen LogP contribution in [0.5, 0.6) is 0 Å². The second-order valence-electron chi connectivity index (χ2n) is 5.17. The maximum atomic E-state index is 13.9. The molecule has 1 fully saturated rings. The molecule has 20 heavy (non-hydrogen) atoms. The third-order valence-corrected chi connectivity index (χ3v) is 3.84. The van der Waals surface area contributed by atoms with E-state index in [0.29, 0.717) is 24.6 Å². The van der Waals surface area contributed by atoms with Crippen LogP contribution in [0, 0.1) is 11.6 Å².